The van der Waals surface area contributed by atoms with E-state index in [0.29, 0.717) is 22.7 Å². The highest BCUT2D eigenvalue weighted by Crippen LogP contribution is 2.20. The molecule has 1 aliphatic rings. The lowest BCUT2D eigenvalue weighted by molar-refractivity contribution is 0.0951. The Balaban J connectivity index is 2.23. The second-order valence-corrected chi connectivity index (χ2v) is 4.17. The van der Waals surface area contributed by atoms with Gasteiger partial charge in [0.15, 0.2) is 0 Å². The monoisotopic (exact) mass is 207 g/mol. The zero-order valence-electron chi connectivity index (χ0n) is 8.93. The Morgan fingerprint density at radius 2 is 1.87 bits per heavy atom. The number of nitrogens with one attached hydrogen (secondary N) is 1. The predicted molar refractivity (Wildman–Crippen MR) is 56.4 cm³/mol. The summed E-state index contributed by atoms with van der Waals surface area (Å²) in [6, 6.07) is 3.53. The summed E-state index contributed by atoms with van der Waals surface area (Å²) >= 11 is 0. The summed E-state index contributed by atoms with van der Waals surface area (Å²) in [6.45, 7) is 3.35. The van der Waals surface area contributed by atoms with Crippen LogP contribution in [0.4, 0.5) is 4.39 Å². The lowest BCUT2D eigenvalue weighted by Crippen LogP contribution is -2.25. The first-order valence-corrected chi connectivity index (χ1v) is 5.15. The smallest absolute Gasteiger partial charge is 0.251 e. The zero-order chi connectivity index (χ0) is 11.0. The van der Waals surface area contributed by atoms with Crippen molar-refractivity contribution >= 4 is 5.91 Å². The molecule has 0 aliphatic heterocycles. The van der Waals surface area contributed by atoms with Crippen molar-refractivity contribution in [3.63, 3.8) is 0 Å². The first-order chi connectivity index (χ1) is 7.08. The Labute approximate surface area is 88.5 Å². The molecule has 0 heterocycles. The summed E-state index contributed by atoms with van der Waals surface area (Å²) < 4.78 is 13.3. The average Bonchev–Trinajstić information content (AvgIpc) is 2.97. The Hall–Kier alpha value is -1.38. The van der Waals surface area contributed by atoms with Crippen LogP contribution in [0.1, 0.15) is 34.3 Å². The lowest BCUT2D eigenvalue weighted by Gasteiger charge is -2.07. The van der Waals surface area contributed by atoms with Crippen LogP contribution in [0, 0.1) is 19.7 Å². The summed E-state index contributed by atoms with van der Waals surface area (Å²) in [5.41, 5.74) is 1.60. The van der Waals surface area contributed by atoms with E-state index in [1.807, 2.05) is 0 Å². The summed E-state index contributed by atoms with van der Waals surface area (Å²) in [5, 5.41) is 2.88. The Morgan fingerprint density at radius 3 is 2.33 bits per heavy atom. The SMILES string of the molecule is Cc1cc(C(=O)NC2CC2)cc(C)c1F. The van der Waals surface area contributed by atoms with Gasteiger partial charge in [0.05, 0.1) is 0 Å². The van der Waals surface area contributed by atoms with Crippen molar-refractivity contribution < 1.29 is 9.18 Å². The van der Waals surface area contributed by atoms with Gasteiger partial charge in [0.1, 0.15) is 5.82 Å². The number of aryl methyl sites for hydroxylation is 2. The van der Waals surface area contributed by atoms with E-state index in [-0.39, 0.29) is 11.7 Å². The van der Waals surface area contributed by atoms with Gasteiger partial charge in [-0.05, 0) is 49.9 Å². The number of carbonyl (C=O) groups is 1. The van der Waals surface area contributed by atoms with Crippen LogP contribution in [0.2, 0.25) is 0 Å². The molecule has 1 aromatic rings. The van der Waals surface area contributed by atoms with Crippen molar-refractivity contribution in [2.24, 2.45) is 0 Å². The first kappa shape index (κ1) is 10.1. The molecule has 1 aromatic carbocycles. The normalized spacial score (nSPS) is 15.1. The van der Waals surface area contributed by atoms with Crippen LogP contribution in [0.15, 0.2) is 12.1 Å². The highest BCUT2D eigenvalue weighted by atomic mass is 19.1. The lowest BCUT2D eigenvalue weighted by atomic mass is 10.1. The molecule has 1 amide bonds. The molecular weight excluding hydrogens is 193 g/mol. The molecule has 1 N–H and O–H groups in total. The molecule has 1 aliphatic carbocycles. The molecule has 1 fully saturated rings. The minimum atomic E-state index is -0.224. The minimum Gasteiger partial charge on any atom is -0.349 e. The number of carbonyl (C=O) groups excluding carboxylic acids is 1. The number of amides is 1. The Bertz CT molecular complexity index is 387. The third-order valence-corrected chi connectivity index (χ3v) is 2.61. The molecule has 80 valence electrons. The number of benzene rings is 1. The van der Waals surface area contributed by atoms with Crippen molar-refractivity contribution in [2.75, 3.05) is 0 Å². The number of rotatable bonds is 2. The highest BCUT2D eigenvalue weighted by molar-refractivity contribution is 5.95. The fourth-order valence-corrected chi connectivity index (χ4v) is 1.57. The molecule has 0 atom stereocenters. The highest BCUT2D eigenvalue weighted by Gasteiger charge is 2.24. The van der Waals surface area contributed by atoms with Crippen LogP contribution in [-0.2, 0) is 0 Å². The third-order valence-electron chi connectivity index (χ3n) is 2.61. The second kappa shape index (κ2) is 3.65. The second-order valence-electron chi connectivity index (χ2n) is 4.17. The van der Waals surface area contributed by atoms with Crippen molar-refractivity contribution in [3.8, 4) is 0 Å². The van der Waals surface area contributed by atoms with Crippen LogP contribution < -0.4 is 5.32 Å². The summed E-state index contributed by atoms with van der Waals surface area (Å²) in [6.07, 6.45) is 2.12. The van der Waals surface area contributed by atoms with E-state index in [1.54, 1.807) is 26.0 Å². The molecule has 0 unspecified atom stereocenters. The van der Waals surface area contributed by atoms with E-state index in [2.05, 4.69) is 5.32 Å². The number of hydrogen-bond donors (Lipinski definition) is 1. The van der Waals surface area contributed by atoms with Crippen molar-refractivity contribution in [1.82, 2.24) is 5.32 Å². The Kier molecular flexibility index (Phi) is 2.47. The Morgan fingerprint density at radius 1 is 1.33 bits per heavy atom. The molecule has 0 radical (unpaired) electrons. The van der Waals surface area contributed by atoms with Gasteiger partial charge in [0, 0.05) is 11.6 Å². The molecule has 0 spiro atoms. The van der Waals surface area contributed by atoms with Gasteiger partial charge < -0.3 is 5.32 Å². The fraction of sp³-hybridized carbons (Fsp3) is 0.417. The van der Waals surface area contributed by atoms with Crippen LogP contribution in [0.25, 0.3) is 0 Å². The van der Waals surface area contributed by atoms with Gasteiger partial charge in [0.25, 0.3) is 5.91 Å². The maximum atomic E-state index is 13.3. The molecule has 0 saturated heterocycles. The van der Waals surface area contributed by atoms with E-state index in [4.69, 9.17) is 0 Å². The quantitative estimate of drug-likeness (QED) is 0.792. The van der Waals surface area contributed by atoms with Crippen LogP contribution in [0.5, 0.6) is 0 Å². The van der Waals surface area contributed by atoms with Gasteiger partial charge in [-0.15, -0.1) is 0 Å². The largest absolute Gasteiger partial charge is 0.349 e. The molecule has 15 heavy (non-hydrogen) atoms. The molecule has 2 nitrogen and oxygen atoms in total. The molecule has 0 aromatic heterocycles. The van der Waals surface area contributed by atoms with Crippen LogP contribution in [-0.4, -0.2) is 11.9 Å². The summed E-state index contributed by atoms with van der Waals surface area (Å²) in [5.74, 6) is -0.318. The number of halogens is 1. The van der Waals surface area contributed by atoms with E-state index >= 15 is 0 Å². The maximum absolute atomic E-state index is 13.3. The fourth-order valence-electron chi connectivity index (χ4n) is 1.57. The first-order valence-electron chi connectivity index (χ1n) is 5.15. The van der Waals surface area contributed by atoms with Gasteiger partial charge in [-0.1, -0.05) is 0 Å². The molecule has 2 rings (SSSR count). The van der Waals surface area contributed by atoms with E-state index in [0.717, 1.165) is 12.8 Å². The van der Waals surface area contributed by atoms with E-state index in [1.165, 1.54) is 0 Å². The van der Waals surface area contributed by atoms with Gasteiger partial charge >= 0.3 is 0 Å². The average molecular weight is 207 g/mol. The topological polar surface area (TPSA) is 29.1 Å². The predicted octanol–water partition coefficient (Wildman–Crippen LogP) is 2.33. The van der Waals surface area contributed by atoms with Crippen molar-refractivity contribution in [2.45, 2.75) is 32.7 Å². The van der Waals surface area contributed by atoms with Crippen molar-refractivity contribution in [3.05, 3.63) is 34.6 Å². The molecule has 1 saturated carbocycles. The van der Waals surface area contributed by atoms with Gasteiger partial charge in [-0.2, -0.15) is 0 Å². The standard InChI is InChI=1S/C12H14FNO/c1-7-5-9(6-8(2)11(7)13)12(15)14-10-3-4-10/h5-6,10H,3-4H2,1-2H3,(H,14,15). The number of hydrogen-bond acceptors (Lipinski definition) is 1. The summed E-state index contributed by atoms with van der Waals surface area (Å²) in [7, 11) is 0. The minimum absolute atomic E-state index is 0.0938. The molecular formula is C12H14FNO. The molecule has 3 heteroatoms. The van der Waals surface area contributed by atoms with Gasteiger partial charge in [0.2, 0.25) is 0 Å². The van der Waals surface area contributed by atoms with E-state index in [9.17, 15) is 9.18 Å². The van der Waals surface area contributed by atoms with Crippen LogP contribution in [0.3, 0.4) is 0 Å². The summed E-state index contributed by atoms with van der Waals surface area (Å²) in [4.78, 5) is 11.7. The van der Waals surface area contributed by atoms with Gasteiger partial charge in [-0.3, -0.25) is 4.79 Å². The third kappa shape index (κ3) is 2.17. The van der Waals surface area contributed by atoms with E-state index < -0.39 is 0 Å². The maximum Gasteiger partial charge on any atom is 0.251 e. The zero-order valence-corrected chi connectivity index (χ0v) is 8.93. The van der Waals surface area contributed by atoms with Gasteiger partial charge in [-0.25, -0.2) is 4.39 Å². The van der Waals surface area contributed by atoms with Crippen LogP contribution >= 0.6 is 0 Å². The molecule has 0 bridgehead atoms. The van der Waals surface area contributed by atoms with Crippen molar-refractivity contribution in [1.29, 1.82) is 0 Å².